The molecule has 0 atom stereocenters. The van der Waals surface area contributed by atoms with Crippen LogP contribution < -0.4 is 5.32 Å². The van der Waals surface area contributed by atoms with Gasteiger partial charge in [-0.05, 0) is 37.1 Å². The first-order chi connectivity index (χ1) is 11.5. The minimum Gasteiger partial charge on any atom is -0.425 e. The molecule has 128 valence electrons. The van der Waals surface area contributed by atoms with Gasteiger partial charge in [0.05, 0.1) is 0 Å². The average Bonchev–Trinajstić information content (AvgIpc) is 3.07. The molecule has 1 aromatic carbocycles. The van der Waals surface area contributed by atoms with Crippen LogP contribution in [0.4, 0.5) is 14.9 Å². The monoisotopic (exact) mass is 332 g/mol. The summed E-state index contributed by atoms with van der Waals surface area (Å²) in [5.41, 5.74) is 0.585. The summed E-state index contributed by atoms with van der Waals surface area (Å²) in [4.78, 5) is 14.0. The lowest BCUT2D eigenvalue weighted by atomic mass is 9.97. The normalized spacial score (nSPS) is 15.8. The Morgan fingerprint density at radius 3 is 2.50 bits per heavy atom. The second-order valence-electron chi connectivity index (χ2n) is 6.33. The van der Waals surface area contributed by atoms with Gasteiger partial charge in [0.2, 0.25) is 11.8 Å². The molecule has 1 aliphatic heterocycles. The van der Waals surface area contributed by atoms with Crippen molar-refractivity contribution in [2.24, 2.45) is 0 Å². The van der Waals surface area contributed by atoms with Gasteiger partial charge >= 0.3 is 6.03 Å². The Hall–Kier alpha value is -2.44. The van der Waals surface area contributed by atoms with Crippen LogP contribution in [0.25, 0.3) is 0 Å². The molecular formula is C17H21FN4O2. The summed E-state index contributed by atoms with van der Waals surface area (Å²) in [5, 5.41) is 11.0. The van der Waals surface area contributed by atoms with E-state index in [4.69, 9.17) is 4.42 Å². The predicted octanol–water partition coefficient (Wildman–Crippen LogP) is 3.74. The number of halogens is 1. The van der Waals surface area contributed by atoms with Gasteiger partial charge in [-0.1, -0.05) is 13.8 Å². The van der Waals surface area contributed by atoms with E-state index in [2.05, 4.69) is 15.5 Å². The molecule has 0 bridgehead atoms. The second kappa shape index (κ2) is 6.98. The summed E-state index contributed by atoms with van der Waals surface area (Å²) in [7, 11) is 0. The number of nitrogens with one attached hydrogen (secondary N) is 1. The average molecular weight is 332 g/mol. The molecule has 1 fully saturated rings. The number of carbonyl (C=O) groups is 1. The van der Waals surface area contributed by atoms with Gasteiger partial charge in [-0.25, -0.2) is 9.18 Å². The van der Waals surface area contributed by atoms with E-state index in [1.807, 2.05) is 13.8 Å². The number of carbonyl (C=O) groups excluding carboxylic acids is 1. The zero-order chi connectivity index (χ0) is 17.1. The van der Waals surface area contributed by atoms with Gasteiger partial charge in [-0.3, -0.25) is 0 Å². The Kier molecular flexibility index (Phi) is 4.78. The second-order valence-corrected chi connectivity index (χ2v) is 6.33. The van der Waals surface area contributed by atoms with Crippen molar-refractivity contribution in [1.82, 2.24) is 15.1 Å². The summed E-state index contributed by atoms with van der Waals surface area (Å²) in [6.07, 6.45) is 1.58. The minimum absolute atomic E-state index is 0.173. The van der Waals surface area contributed by atoms with E-state index in [0.29, 0.717) is 30.6 Å². The van der Waals surface area contributed by atoms with Crippen molar-refractivity contribution < 1.29 is 13.6 Å². The maximum atomic E-state index is 12.9. The Labute approximate surface area is 140 Å². The van der Waals surface area contributed by atoms with Crippen LogP contribution in [-0.2, 0) is 0 Å². The highest BCUT2D eigenvalue weighted by molar-refractivity contribution is 5.89. The number of urea groups is 1. The molecule has 1 saturated heterocycles. The number of nitrogens with zero attached hydrogens (tertiary/aromatic N) is 3. The third kappa shape index (κ3) is 3.72. The molecule has 3 rings (SSSR count). The number of aromatic nitrogens is 2. The fourth-order valence-electron chi connectivity index (χ4n) is 2.71. The van der Waals surface area contributed by atoms with Crippen LogP contribution in [0.15, 0.2) is 28.7 Å². The van der Waals surface area contributed by atoms with Gasteiger partial charge in [-0.15, -0.1) is 10.2 Å². The number of likely N-dealkylation sites (tertiary alicyclic amines) is 1. The Morgan fingerprint density at radius 2 is 1.92 bits per heavy atom. The maximum Gasteiger partial charge on any atom is 0.321 e. The van der Waals surface area contributed by atoms with E-state index in [1.54, 1.807) is 17.0 Å². The lowest BCUT2D eigenvalue weighted by molar-refractivity contribution is 0.189. The van der Waals surface area contributed by atoms with Crippen molar-refractivity contribution in [3.8, 4) is 0 Å². The maximum absolute atomic E-state index is 12.9. The summed E-state index contributed by atoms with van der Waals surface area (Å²) < 4.78 is 18.6. The highest BCUT2D eigenvalue weighted by Gasteiger charge is 2.27. The molecule has 6 nitrogen and oxygen atoms in total. The molecular weight excluding hydrogens is 311 g/mol. The van der Waals surface area contributed by atoms with Crippen LogP contribution in [0.3, 0.4) is 0 Å². The Bertz CT molecular complexity index is 691. The smallest absolute Gasteiger partial charge is 0.321 e. The zero-order valence-corrected chi connectivity index (χ0v) is 13.8. The molecule has 7 heteroatoms. The van der Waals surface area contributed by atoms with Crippen LogP contribution in [0.1, 0.15) is 50.3 Å². The van der Waals surface area contributed by atoms with E-state index in [0.717, 1.165) is 12.8 Å². The van der Waals surface area contributed by atoms with Gasteiger partial charge in [-0.2, -0.15) is 0 Å². The molecule has 2 heterocycles. The number of benzene rings is 1. The zero-order valence-electron chi connectivity index (χ0n) is 13.8. The largest absolute Gasteiger partial charge is 0.425 e. The third-order valence-electron chi connectivity index (χ3n) is 4.18. The van der Waals surface area contributed by atoms with Crippen LogP contribution >= 0.6 is 0 Å². The van der Waals surface area contributed by atoms with E-state index in [9.17, 15) is 9.18 Å². The van der Waals surface area contributed by atoms with Crippen molar-refractivity contribution in [3.63, 3.8) is 0 Å². The molecule has 1 aliphatic rings. The Morgan fingerprint density at radius 1 is 1.25 bits per heavy atom. The molecule has 2 amide bonds. The standard InChI is InChI=1S/C17H21FN4O2/c1-11(2)15-20-21-16(24-15)12-7-9-22(10-8-12)17(23)19-14-5-3-13(18)4-6-14/h3-6,11-12H,7-10H2,1-2H3,(H,19,23). The first-order valence-electron chi connectivity index (χ1n) is 8.17. The fraction of sp³-hybridized carbons (Fsp3) is 0.471. The van der Waals surface area contributed by atoms with E-state index in [-0.39, 0.29) is 23.7 Å². The van der Waals surface area contributed by atoms with Gasteiger partial charge in [0, 0.05) is 30.6 Å². The van der Waals surface area contributed by atoms with Gasteiger partial charge in [0.25, 0.3) is 0 Å². The number of amides is 2. The van der Waals surface area contributed by atoms with E-state index >= 15 is 0 Å². The fourth-order valence-corrected chi connectivity index (χ4v) is 2.71. The van der Waals surface area contributed by atoms with Crippen LogP contribution in [0.2, 0.25) is 0 Å². The topological polar surface area (TPSA) is 71.3 Å². The van der Waals surface area contributed by atoms with Gasteiger partial charge < -0.3 is 14.6 Å². The summed E-state index contributed by atoms with van der Waals surface area (Å²) in [6, 6.07) is 5.57. The summed E-state index contributed by atoms with van der Waals surface area (Å²) in [5.74, 6) is 1.40. The van der Waals surface area contributed by atoms with E-state index < -0.39 is 0 Å². The Balaban J connectivity index is 1.54. The number of hydrogen-bond donors (Lipinski definition) is 1. The third-order valence-corrected chi connectivity index (χ3v) is 4.18. The molecule has 24 heavy (non-hydrogen) atoms. The number of hydrogen-bond acceptors (Lipinski definition) is 4. The van der Waals surface area contributed by atoms with Crippen molar-refractivity contribution in [2.75, 3.05) is 18.4 Å². The summed E-state index contributed by atoms with van der Waals surface area (Å²) >= 11 is 0. The van der Waals surface area contributed by atoms with Crippen molar-refractivity contribution in [3.05, 3.63) is 41.9 Å². The van der Waals surface area contributed by atoms with Crippen molar-refractivity contribution in [1.29, 1.82) is 0 Å². The minimum atomic E-state index is -0.325. The van der Waals surface area contributed by atoms with Crippen molar-refractivity contribution in [2.45, 2.75) is 38.5 Å². The lowest BCUT2D eigenvalue weighted by Gasteiger charge is -2.30. The quantitative estimate of drug-likeness (QED) is 0.929. The molecule has 0 spiro atoms. The molecule has 0 aliphatic carbocycles. The molecule has 0 saturated carbocycles. The molecule has 0 unspecified atom stereocenters. The van der Waals surface area contributed by atoms with Crippen LogP contribution in [-0.4, -0.2) is 34.2 Å². The molecule has 2 aromatic rings. The van der Waals surface area contributed by atoms with Crippen LogP contribution in [0, 0.1) is 5.82 Å². The number of anilines is 1. The first-order valence-corrected chi connectivity index (χ1v) is 8.17. The van der Waals surface area contributed by atoms with Crippen LogP contribution in [0.5, 0.6) is 0 Å². The molecule has 1 aromatic heterocycles. The predicted molar refractivity (Wildman–Crippen MR) is 87.4 cm³/mol. The van der Waals surface area contributed by atoms with E-state index in [1.165, 1.54) is 12.1 Å². The molecule has 1 N–H and O–H groups in total. The first kappa shape index (κ1) is 16.4. The molecule has 0 radical (unpaired) electrons. The lowest BCUT2D eigenvalue weighted by Crippen LogP contribution is -2.40. The summed E-state index contributed by atoms with van der Waals surface area (Å²) in [6.45, 7) is 5.27. The number of rotatable bonds is 3. The highest BCUT2D eigenvalue weighted by Crippen LogP contribution is 2.28. The highest BCUT2D eigenvalue weighted by atomic mass is 19.1. The van der Waals surface area contributed by atoms with Gasteiger partial charge in [0.15, 0.2) is 0 Å². The number of piperidine rings is 1. The van der Waals surface area contributed by atoms with Gasteiger partial charge in [0.1, 0.15) is 5.82 Å². The SMILES string of the molecule is CC(C)c1nnc(C2CCN(C(=O)Nc3ccc(F)cc3)CC2)o1. The van der Waals surface area contributed by atoms with Crippen molar-refractivity contribution >= 4 is 11.7 Å².